The molecule has 19 heavy (non-hydrogen) atoms. The molecule has 0 spiro atoms. The molecule has 0 amide bonds. The molecule has 0 N–H and O–H groups in total. The average Bonchev–Trinajstić information content (AvgIpc) is 2.40. The molecule has 0 radical (unpaired) electrons. The quantitative estimate of drug-likeness (QED) is 0.624. The lowest BCUT2D eigenvalue weighted by Gasteiger charge is -2.38. The van der Waals surface area contributed by atoms with Crippen LogP contribution in [0.3, 0.4) is 0 Å². The fraction of sp³-hybridized carbons (Fsp3) is 0.667. The molecule has 0 unspecified atom stereocenters. The second kappa shape index (κ2) is 6.54. The lowest BCUT2D eigenvalue weighted by Crippen LogP contribution is -2.29. The van der Waals surface area contributed by atoms with Gasteiger partial charge in [0.25, 0.3) is 0 Å². The molecule has 0 aromatic heterocycles. The van der Waals surface area contributed by atoms with Gasteiger partial charge in [-0.25, -0.2) is 4.39 Å². The van der Waals surface area contributed by atoms with E-state index in [1.165, 1.54) is 56.9 Å². The summed E-state index contributed by atoms with van der Waals surface area (Å²) in [4.78, 5) is 0. The van der Waals surface area contributed by atoms with E-state index >= 15 is 0 Å². The first-order valence-corrected chi connectivity index (χ1v) is 7.88. The van der Waals surface area contributed by atoms with E-state index in [1.54, 1.807) is 12.1 Å². The molecular weight excluding hydrogens is 235 g/mol. The largest absolute Gasteiger partial charge is 0.207 e. The van der Waals surface area contributed by atoms with Gasteiger partial charge in [0.05, 0.1) is 0 Å². The summed E-state index contributed by atoms with van der Waals surface area (Å²) in [5, 5.41) is 0. The van der Waals surface area contributed by atoms with Crippen LogP contribution in [0, 0.1) is 11.7 Å². The fourth-order valence-electron chi connectivity index (χ4n) is 3.56. The van der Waals surface area contributed by atoms with Gasteiger partial charge in [0, 0.05) is 0 Å². The van der Waals surface area contributed by atoms with Crippen LogP contribution < -0.4 is 0 Å². The van der Waals surface area contributed by atoms with Crippen molar-refractivity contribution >= 4 is 0 Å². The molecular formula is C18H27F. The summed E-state index contributed by atoms with van der Waals surface area (Å²) in [5.41, 5.74) is 1.71. The van der Waals surface area contributed by atoms with Crippen molar-refractivity contribution in [2.75, 3.05) is 0 Å². The van der Waals surface area contributed by atoms with Crippen molar-refractivity contribution < 1.29 is 4.39 Å². The number of hydrogen-bond donors (Lipinski definition) is 0. The van der Waals surface area contributed by atoms with Crippen LogP contribution in [0.25, 0.3) is 0 Å². The first-order valence-electron chi connectivity index (χ1n) is 7.88. The molecule has 1 saturated carbocycles. The summed E-state index contributed by atoms with van der Waals surface area (Å²) >= 11 is 0. The van der Waals surface area contributed by atoms with Crippen LogP contribution in [0.2, 0.25) is 0 Å². The van der Waals surface area contributed by atoms with Crippen LogP contribution in [-0.4, -0.2) is 0 Å². The van der Waals surface area contributed by atoms with Crippen LogP contribution in [0.15, 0.2) is 24.3 Å². The zero-order chi connectivity index (χ0) is 13.7. The summed E-state index contributed by atoms with van der Waals surface area (Å²) in [5.74, 6) is 0.672. The Morgan fingerprint density at radius 1 is 1.05 bits per heavy atom. The number of rotatable bonds is 5. The second-order valence-corrected chi connectivity index (χ2v) is 6.63. The highest BCUT2D eigenvalue weighted by molar-refractivity contribution is 5.26. The molecule has 0 atom stereocenters. The molecule has 0 heterocycles. The van der Waals surface area contributed by atoms with Gasteiger partial charge in [-0.2, -0.15) is 0 Å². The standard InChI is InChI=1S/C18H27F/c1-15(2)7-6-14-18(12-4-3-5-13-18)16-8-10-17(19)11-9-16/h8-11,15H,3-7,12-14H2,1-2H3. The summed E-state index contributed by atoms with van der Waals surface area (Å²) in [6.07, 6.45) is 10.5. The lowest BCUT2D eigenvalue weighted by molar-refractivity contribution is 0.262. The van der Waals surface area contributed by atoms with Gasteiger partial charge in [0.15, 0.2) is 0 Å². The van der Waals surface area contributed by atoms with E-state index in [2.05, 4.69) is 13.8 Å². The van der Waals surface area contributed by atoms with Gasteiger partial charge in [0.2, 0.25) is 0 Å². The third-order valence-corrected chi connectivity index (χ3v) is 4.70. The predicted octanol–water partition coefficient (Wildman–Crippen LogP) is 5.85. The van der Waals surface area contributed by atoms with Crippen LogP contribution in [0.1, 0.15) is 70.8 Å². The number of benzene rings is 1. The maximum Gasteiger partial charge on any atom is 0.123 e. The second-order valence-electron chi connectivity index (χ2n) is 6.63. The lowest BCUT2D eigenvalue weighted by atomic mass is 9.66. The Bertz CT molecular complexity index is 371. The van der Waals surface area contributed by atoms with E-state index in [-0.39, 0.29) is 5.82 Å². The molecule has 106 valence electrons. The molecule has 1 aliphatic rings. The molecule has 1 aromatic rings. The third kappa shape index (κ3) is 3.81. The van der Waals surface area contributed by atoms with Gasteiger partial charge in [-0.05, 0) is 48.3 Å². The minimum Gasteiger partial charge on any atom is -0.207 e. The summed E-state index contributed by atoms with van der Waals surface area (Å²) in [7, 11) is 0. The van der Waals surface area contributed by atoms with Crippen LogP contribution in [-0.2, 0) is 5.41 Å². The Balaban J connectivity index is 2.11. The summed E-state index contributed by atoms with van der Waals surface area (Å²) in [6, 6.07) is 7.31. The van der Waals surface area contributed by atoms with Gasteiger partial charge in [-0.15, -0.1) is 0 Å². The van der Waals surface area contributed by atoms with Gasteiger partial charge < -0.3 is 0 Å². The fourth-order valence-corrected chi connectivity index (χ4v) is 3.56. The molecule has 2 rings (SSSR count). The normalized spacial score (nSPS) is 18.7. The van der Waals surface area contributed by atoms with Crippen LogP contribution in [0.5, 0.6) is 0 Å². The Morgan fingerprint density at radius 3 is 2.26 bits per heavy atom. The maximum absolute atomic E-state index is 13.1. The Hall–Kier alpha value is -0.850. The molecule has 1 aromatic carbocycles. The van der Waals surface area contributed by atoms with Crippen molar-refractivity contribution in [2.45, 2.75) is 70.6 Å². The van der Waals surface area contributed by atoms with Crippen molar-refractivity contribution in [2.24, 2.45) is 5.92 Å². The Labute approximate surface area is 117 Å². The Kier molecular flexibility index (Phi) is 5.01. The van der Waals surface area contributed by atoms with Gasteiger partial charge in [-0.1, -0.05) is 58.1 Å². The predicted molar refractivity (Wildman–Crippen MR) is 79.9 cm³/mol. The van der Waals surface area contributed by atoms with Crippen molar-refractivity contribution in [1.29, 1.82) is 0 Å². The zero-order valence-corrected chi connectivity index (χ0v) is 12.4. The molecule has 1 heteroatoms. The first-order chi connectivity index (χ1) is 9.12. The molecule has 0 bridgehead atoms. The minimum absolute atomic E-state index is 0.114. The molecule has 1 fully saturated rings. The SMILES string of the molecule is CC(C)CCCC1(c2ccc(F)cc2)CCCCC1. The van der Waals surface area contributed by atoms with E-state index in [4.69, 9.17) is 0 Å². The number of halogens is 1. The highest BCUT2D eigenvalue weighted by Crippen LogP contribution is 2.43. The molecule has 0 nitrogen and oxygen atoms in total. The smallest absolute Gasteiger partial charge is 0.123 e. The Morgan fingerprint density at radius 2 is 1.68 bits per heavy atom. The van der Waals surface area contributed by atoms with E-state index in [9.17, 15) is 4.39 Å². The maximum atomic E-state index is 13.1. The third-order valence-electron chi connectivity index (χ3n) is 4.70. The minimum atomic E-state index is -0.114. The summed E-state index contributed by atoms with van der Waals surface area (Å²) < 4.78 is 13.1. The van der Waals surface area contributed by atoms with E-state index < -0.39 is 0 Å². The van der Waals surface area contributed by atoms with Gasteiger partial charge in [-0.3, -0.25) is 0 Å². The van der Waals surface area contributed by atoms with E-state index in [0.29, 0.717) is 5.41 Å². The molecule has 0 saturated heterocycles. The van der Waals surface area contributed by atoms with E-state index in [1.807, 2.05) is 12.1 Å². The molecule has 1 aliphatic carbocycles. The van der Waals surface area contributed by atoms with Gasteiger partial charge in [0.1, 0.15) is 5.82 Å². The average molecular weight is 262 g/mol. The van der Waals surface area contributed by atoms with Crippen molar-refractivity contribution in [1.82, 2.24) is 0 Å². The van der Waals surface area contributed by atoms with Crippen molar-refractivity contribution in [3.05, 3.63) is 35.6 Å². The van der Waals surface area contributed by atoms with Crippen LogP contribution >= 0.6 is 0 Å². The van der Waals surface area contributed by atoms with Crippen molar-refractivity contribution in [3.8, 4) is 0 Å². The van der Waals surface area contributed by atoms with Crippen LogP contribution in [0.4, 0.5) is 4.39 Å². The summed E-state index contributed by atoms with van der Waals surface area (Å²) in [6.45, 7) is 4.59. The topological polar surface area (TPSA) is 0 Å². The van der Waals surface area contributed by atoms with Gasteiger partial charge >= 0.3 is 0 Å². The highest BCUT2D eigenvalue weighted by atomic mass is 19.1. The monoisotopic (exact) mass is 262 g/mol. The number of hydrogen-bond acceptors (Lipinski definition) is 0. The van der Waals surface area contributed by atoms with Crippen molar-refractivity contribution in [3.63, 3.8) is 0 Å². The van der Waals surface area contributed by atoms with E-state index in [0.717, 1.165) is 5.92 Å². The highest BCUT2D eigenvalue weighted by Gasteiger charge is 2.33. The zero-order valence-electron chi connectivity index (χ0n) is 12.4. The molecule has 0 aliphatic heterocycles. The first kappa shape index (κ1) is 14.6.